The molecule has 59 heavy (non-hydrogen) atoms. The smallest absolute Gasteiger partial charge is 0.410 e. The van der Waals surface area contributed by atoms with E-state index in [1.54, 1.807) is 4.90 Å². The zero-order valence-corrected chi connectivity index (χ0v) is 34.0. The molecular formula is C46H51N7O6. The molecule has 306 valence electrons. The molecule has 2 aromatic heterocycles. The van der Waals surface area contributed by atoms with Gasteiger partial charge in [0, 0.05) is 44.0 Å². The first-order chi connectivity index (χ1) is 28.5. The van der Waals surface area contributed by atoms with Gasteiger partial charge in [0.25, 0.3) is 0 Å². The van der Waals surface area contributed by atoms with Crippen LogP contribution in [0.1, 0.15) is 83.0 Å². The lowest BCUT2D eigenvalue weighted by Gasteiger charge is -2.35. The van der Waals surface area contributed by atoms with Gasteiger partial charge < -0.3 is 34.4 Å². The number of terminal acetylenes is 1. The third-order valence-electron chi connectivity index (χ3n) is 12.4. The second kappa shape index (κ2) is 15.4. The molecule has 13 heteroatoms. The molecule has 9 rings (SSSR count). The standard InChI is InChI=1S/C46H51N7O6/c1-6-7-26-18-38(52(25-26)45(56)59-46(2,3)4)42-48-34-13-12-31(21-35(34)49-42)29-8-9-30-20-32(11-10-28(30)19-29)36-24-47-41(50-36)39-23-33-22-37(33)53(39)43(54)40(51-44(55)57-5)27-14-16-58-17-15-27/h1,8-13,19-21,24,26-27,33,37-40H,7,14-18,22-23,25H2,2-5H3,(H,47,50)(H,48,49)(H,51,55)/t26-,33-,37-,38+,39+,40+/m1/s1. The summed E-state index contributed by atoms with van der Waals surface area (Å²) in [5.41, 5.74) is 5.02. The van der Waals surface area contributed by atoms with E-state index in [9.17, 15) is 14.4 Å². The average Bonchev–Trinajstić information content (AvgIpc) is 3.69. The first-order valence-corrected chi connectivity index (χ1v) is 20.7. The van der Waals surface area contributed by atoms with E-state index in [0.717, 1.165) is 75.1 Å². The van der Waals surface area contributed by atoms with Crippen LogP contribution in [-0.4, -0.2) is 92.4 Å². The van der Waals surface area contributed by atoms with E-state index in [-0.39, 0.29) is 42.0 Å². The van der Waals surface area contributed by atoms with Crippen molar-refractivity contribution in [3.05, 3.63) is 72.4 Å². The highest BCUT2D eigenvalue weighted by molar-refractivity contribution is 5.92. The van der Waals surface area contributed by atoms with Gasteiger partial charge in [0.05, 0.1) is 35.9 Å². The summed E-state index contributed by atoms with van der Waals surface area (Å²) < 4.78 is 16.2. The number of hydrogen-bond donors (Lipinski definition) is 3. The SMILES string of the molecule is C#CC[C@@H]1C[C@@H](c2nc3ccc(-c4ccc5cc(-c6c[nH]c([C@@H]7C[C@H]8C[C@H]8N7C(=O)[C@@H](NC(=O)OC)C7CCOCC7)n6)ccc5c4)cc3[nH]2)N(C(=O)OC(C)(C)C)C1. The Kier molecular flexibility index (Phi) is 10.1. The number of hydrogen-bond acceptors (Lipinski definition) is 8. The van der Waals surface area contributed by atoms with Gasteiger partial charge in [-0.05, 0) is 117 Å². The second-order valence-corrected chi connectivity index (χ2v) is 17.6. The quantitative estimate of drug-likeness (QED) is 0.134. The molecule has 5 aromatic rings. The Bertz CT molecular complexity index is 2450. The number of amides is 3. The number of imidazole rings is 2. The van der Waals surface area contributed by atoms with Crippen molar-refractivity contribution >= 4 is 39.9 Å². The number of methoxy groups -OCH3 is 1. The number of benzene rings is 3. The highest BCUT2D eigenvalue weighted by Gasteiger charge is 2.56. The molecule has 3 aliphatic heterocycles. The average molecular weight is 798 g/mol. The van der Waals surface area contributed by atoms with Crippen molar-refractivity contribution in [1.82, 2.24) is 35.1 Å². The van der Waals surface area contributed by atoms with E-state index < -0.39 is 17.7 Å². The number of carbonyl (C=O) groups excluding carboxylic acids is 3. The summed E-state index contributed by atoms with van der Waals surface area (Å²) >= 11 is 0. The minimum Gasteiger partial charge on any atom is -0.453 e. The van der Waals surface area contributed by atoms with Crippen LogP contribution in [0.4, 0.5) is 9.59 Å². The maximum atomic E-state index is 14.2. The largest absolute Gasteiger partial charge is 0.453 e. The third kappa shape index (κ3) is 7.74. The maximum Gasteiger partial charge on any atom is 0.410 e. The molecule has 0 unspecified atom stereocenters. The van der Waals surface area contributed by atoms with E-state index >= 15 is 0 Å². The van der Waals surface area contributed by atoms with Crippen molar-refractivity contribution in [3.8, 4) is 34.7 Å². The molecule has 3 N–H and O–H groups in total. The van der Waals surface area contributed by atoms with E-state index in [1.807, 2.05) is 37.9 Å². The Balaban J connectivity index is 0.926. The van der Waals surface area contributed by atoms with Crippen LogP contribution in [0.15, 0.2) is 60.8 Å². The molecular weight excluding hydrogens is 747 g/mol. The predicted molar refractivity (Wildman–Crippen MR) is 223 cm³/mol. The van der Waals surface area contributed by atoms with Crippen molar-refractivity contribution < 1.29 is 28.6 Å². The number of nitrogens with zero attached hydrogens (tertiary/aromatic N) is 4. The molecule has 5 heterocycles. The number of alkyl carbamates (subject to hydrolysis) is 1. The molecule has 4 aliphatic rings. The predicted octanol–water partition coefficient (Wildman–Crippen LogP) is 7.91. The van der Waals surface area contributed by atoms with Gasteiger partial charge >= 0.3 is 12.2 Å². The maximum absolute atomic E-state index is 14.2. The lowest BCUT2D eigenvalue weighted by Crippen LogP contribution is -2.54. The number of piperidine rings is 1. The van der Waals surface area contributed by atoms with E-state index in [1.165, 1.54) is 7.11 Å². The van der Waals surface area contributed by atoms with Crippen molar-refractivity contribution in [2.24, 2.45) is 17.8 Å². The molecule has 1 saturated carbocycles. The van der Waals surface area contributed by atoms with Gasteiger partial charge in [-0.1, -0.05) is 30.3 Å². The number of rotatable bonds is 8. The molecule has 1 aliphatic carbocycles. The summed E-state index contributed by atoms with van der Waals surface area (Å²) in [6.45, 7) is 7.28. The Morgan fingerprint density at radius 2 is 1.68 bits per heavy atom. The normalized spacial score (nSPS) is 23.5. The van der Waals surface area contributed by atoms with E-state index in [2.05, 4.69) is 69.7 Å². The fraction of sp³-hybridized carbons (Fsp3) is 0.457. The van der Waals surface area contributed by atoms with Crippen molar-refractivity contribution in [2.75, 3.05) is 26.9 Å². The minimum atomic E-state index is -0.673. The molecule has 3 aromatic carbocycles. The number of H-pyrrole nitrogens is 2. The number of ether oxygens (including phenoxy) is 3. The van der Waals surface area contributed by atoms with Crippen LogP contribution in [0.5, 0.6) is 0 Å². The van der Waals surface area contributed by atoms with Crippen LogP contribution in [0, 0.1) is 30.1 Å². The number of aromatic nitrogens is 4. The Labute approximate surface area is 343 Å². The molecule has 0 spiro atoms. The van der Waals surface area contributed by atoms with Crippen molar-refractivity contribution in [3.63, 3.8) is 0 Å². The fourth-order valence-corrected chi connectivity index (χ4v) is 9.42. The highest BCUT2D eigenvalue weighted by Crippen LogP contribution is 2.53. The monoisotopic (exact) mass is 797 g/mol. The zero-order valence-electron chi connectivity index (χ0n) is 34.0. The van der Waals surface area contributed by atoms with Gasteiger partial charge in [0.2, 0.25) is 5.91 Å². The van der Waals surface area contributed by atoms with Gasteiger partial charge in [0.15, 0.2) is 0 Å². The van der Waals surface area contributed by atoms with Crippen LogP contribution in [0.25, 0.3) is 44.2 Å². The van der Waals surface area contributed by atoms with E-state index in [4.69, 9.17) is 30.6 Å². The lowest BCUT2D eigenvalue weighted by atomic mass is 9.90. The van der Waals surface area contributed by atoms with Gasteiger partial charge in [-0.3, -0.25) is 9.69 Å². The van der Waals surface area contributed by atoms with Crippen molar-refractivity contribution in [2.45, 2.75) is 89.1 Å². The van der Waals surface area contributed by atoms with Crippen LogP contribution in [0.2, 0.25) is 0 Å². The van der Waals surface area contributed by atoms with Crippen LogP contribution in [-0.2, 0) is 19.0 Å². The lowest BCUT2D eigenvalue weighted by molar-refractivity contribution is -0.138. The van der Waals surface area contributed by atoms with E-state index in [0.29, 0.717) is 44.9 Å². The van der Waals surface area contributed by atoms with Crippen molar-refractivity contribution in [1.29, 1.82) is 0 Å². The Morgan fingerprint density at radius 3 is 2.42 bits per heavy atom. The first-order valence-electron chi connectivity index (χ1n) is 20.7. The summed E-state index contributed by atoms with van der Waals surface area (Å²) in [5, 5.41) is 5.03. The summed E-state index contributed by atoms with van der Waals surface area (Å²) in [7, 11) is 1.32. The first kappa shape index (κ1) is 38.6. The van der Waals surface area contributed by atoms with Gasteiger partial charge in [-0.25, -0.2) is 19.6 Å². The highest BCUT2D eigenvalue weighted by atomic mass is 16.6. The summed E-state index contributed by atoms with van der Waals surface area (Å²) in [4.78, 5) is 60.5. The fourth-order valence-electron chi connectivity index (χ4n) is 9.42. The molecule has 13 nitrogen and oxygen atoms in total. The number of likely N-dealkylation sites (tertiary alicyclic amines) is 2. The van der Waals surface area contributed by atoms with Crippen LogP contribution in [0.3, 0.4) is 0 Å². The topological polar surface area (TPSA) is 155 Å². The molecule has 4 fully saturated rings. The zero-order chi connectivity index (χ0) is 41.0. The van der Waals surface area contributed by atoms with Gasteiger partial charge in [-0.15, -0.1) is 12.3 Å². The number of nitrogens with one attached hydrogen (secondary N) is 3. The number of carbonyl (C=O) groups is 3. The minimum absolute atomic E-state index is 0.0196. The summed E-state index contributed by atoms with van der Waals surface area (Å²) in [5.74, 6) is 4.77. The van der Waals surface area contributed by atoms with Gasteiger partial charge in [0.1, 0.15) is 23.3 Å². The van der Waals surface area contributed by atoms with Crippen LogP contribution >= 0.6 is 0 Å². The number of fused-ring (bicyclic) bond motifs is 3. The second-order valence-electron chi connectivity index (χ2n) is 17.6. The molecule has 0 radical (unpaired) electrons. The summed E-state index contributed by atoms with van der Waals surface area (Å²) in [6, 6.07) is 18.0. The molecule has 3 amide bonds. The third-order valence-corrected chi connectivity index (χ3v) is 12.4. The van der Waals surface area contributed by atoms with Crippen LogP contribution < -0.4 is 5.32 Å². The molecule has 3 saturated heterocycles. The molecule has 6 atom stereocenters. The van der Waals surface area contributed by atoms with Gasteiger partial charge in [-0.2, -0.15) is 0 Å². The Hall–Kier alpha value is -5.87. The number of aromatic amines is 2. The molecule has 0 bridgehead atoms. The summed E-state index contributed by atoms with van der Waals surface area (Å²) in [6.07, 6.45) is 11.1. The Morgan fingerprint density at radius 1 is 0.949 bits per heavy atom.